The van der Waals surface area contributed by atoms with Crippen LogP contribution in [0.3, 0.4) is 0 Å². The summed E-state index contributed by atoms with van der Waals surface area (Å²) < 4.78 is 1.15. The SMILES string of the molecule is Cc1ccc(=O)n(CC(=O)Nc2cccc(-c3ccc(N4CCCCCC4)nn3)c2)n1. The second-order valence-corrected chi connectivity index (χ2v) is 7.78. The van der Waals surface area contributed by atoms with Crippen LogP contribution < -0.4 is 15.8 Å². The van der Waals surface area contributed by atoms with Gasteiger partial charge in [0.1, 0.15) is 6.54 Å². The molecule has 1 amide bonds. The molecule has 1 aliphatic heterocycles. The van der Waals surface area contributed by atoms with E-state index < -0.39 is 0 Å². The molecule has 0 aliphatic carbocycles. The maximum absolute atomic E-state index is 12.4. The molecule has 3 heterocycles. The number of amides is 1. The molecule has 0 spiro atoms. The quantitative estimate of drug-likeness (QED) is 0.685. The lowest BCUT2D eigenvalue weighted by atomic mass is 10.1. The number of benzene rings is 1. The smallest absolute Gasteiger partial charge is 0.267 e. The van der Waals surface area contributed by atoms with Crippen molar-refractivity contribution in [3.63, 3.8) is 0 Å². The Bertz CT molecular complexity index is 1100. The van der Waals surface area contributed by atoms with E-state index in [1.54, 1.807) is 19.1 Å². The molecule has 0 radical (unpaired) electrons. The molecule has 0 bridgehead atoms. The Morgan fingerprint density at radius 3 is 2.55 bits per heavy atom. The highest BCUT2D eigenvalue weighted by Gasteiger charge is 2.12. The first kappa shape index (κ1) is 20.7. The third-order valence-corrected chi connectivity index (χ3v) is 5.32. The summed E-state index contributed by atoms with van der Waals surface area (Å²) in [6.45, 7) is 3.67. The highest BCUT2D eigenvalue weighted by molar-refractivity contribution is 5.91. The van der Waals surface area contributed by atoms with Gasteiger partial charge < -0.3 is 10.2 Å². The molecule has 8 heteroatoms. The first-order valence-electron chi connectivity index (χ1n) is 10.6. The van der Waals surface area contributed by atoms with E-state index in [1.165, 1.54) is 31.7 Å². The molecule has 31 heavy (non-hydrogen) atoms. The Hall–Kier alpha value is -3.55. The zero-order valence-corrected chi connectivity index (χ0v) is 17.6. The molecule has 1 fully saturated rings. The second-order valence-electron chi connectivity index (χ2n) is 7.78. The van der Waals surface area contributed by atoms with Crippen molar-refractivity contribution >= 4 is 17.4 Å². The van der Waals surface area contributed by atoms with Crippen molar-refractivity contribution in [3.05, 3.63) is 64.6 Å². The van der Waals surface area contributed by atoms with Gasteiger partial charge in [0.25, 0.3) is 5.56 Å². The number of hydrogen-bond acceptors (Lipinski definition) is 6. The molecule has 0 unspecified atom stereocenters. The molecule has 0 saturated carbocycles. The summed E-state index contributed by atoms with van der Waals surface area (Å²) >= 11 is 0. The molecule has 8 nitrogen and oxygen atoms in total. The van der Waals surface area contributed by atoms with Crippen LogP contribution in [0.4, 0.5) is 11.5 Å². The van der Waals surface area contributed by atoms with Crippen LogP contribution in [0.15, 0.2) is 53.3 Å². The van der Waals surface area contributed by atoms with Gasteiger partial charge in [0, 0.05) is 30.4 Å². The van der Waals surface area contributed by atoms with Crippen LogP contribution >= 0.6 is 0 Å². The lowest BCUT2D eigenvalue weighted by Crippen LogP contribution is -2.29. The Kier molecular flexibility index (Phi) is 6.35. The summed E-state index contributed by atoms with van der Waals surface area (Å²) in [4.78, 5) is 26.6. The number of aryl methyl sites for hydroxylation is 1. The predicted molar refractivity (Wildman–Crippen MR) is 120 cm³/mol. The number of aromatic nitrogens is 4. The lowest BCUT2D eigenvalue weighted by Gasteiger charge is -2.20. The number of anilines is 2. The van der Waals surface area contributed by atoms with Crippen molar-refractivity contribution in [1.29, 1.82) is 0 Å². The number of nitrogens with zero attached hydrogens (tertiary/aromatic N) is 5. The zero-order chi connectivity index (χ0) is 21.6. The van der Waals surface area contributed by atoms with Crippen LogP contribution in [0.2, 0.25) is 0 Å². The number of carbonyl (C=O) groups excluding carboxylic acids is 1. The zero-order valence-electron chi connectivity index (χ0n) is 17.6. The predicted octanol–water partition coefficient (Wildman–Crippen LogP) is 3.03. The molecule has 160 valence electrons. The van der Waals surface area contributed by atoms with Gasteiger partial charge in [-0.1, -0.05) is 25.0 Å². The van der Waals surface area contributed by atoms with Gasteiger partial charge in [0.2, 0.25) is 5.91 Å². The Balaban J connectivity index is 1.44. The van der Waals surface area contributed by atoms with E-state index >= 15 is 0 Å². The van der Waals surface area contributed by atoms with Crippen LogP contribution in [-0.2, 0) is 11.3 Å². The van der Waals surface area contributed by atoms with Crippen molar-refractivity contribution in [3.8, 4) is 11.3 Å². The fraction of sp³-hybridized carbons (Fsp3) is 0.348. The monoisotopic (exact) mass is 418 g/mol. The van der Waals surface area contributed by atoms with Crippen LogP contribution in [0, 0.1) is 6.92 Å². The van der Waals surface area contributed by atoms with Gasteiger partial charge in [0.05, 0.1) is 11.4 Å². The molecular weight excluding hydrogens is 392 g/mol. The lowest BCUT2D eigenvalue weighted by molar-refractivity contribution is -0.117. The van der Waals surface area contributed by atoms with E-state index in [9.17, 15) is 9.59 Å². The summed E-state index contributed by atoms with van der Waals surface area (Å²) in [6, 6.07) is 14.4. The number of rotatable bonds is 5. The number of hydrogen-bond donors (Lipinski definition) is 1. The molecule has 1 N–H and O–H groups in total. The molecule has 0 atom stereocenters. The first-order chi connectivity index (χ1) is 15.1. The fourth-order valence-corrected chi connectivity index (χ4v) is 3.70. The largest absolute Gasteiger partial charge is 0.355 e. The average molecular weight is 419 g/mol. The van der Waals surface area contributed by atoms with E-state index in [2.05, 4.69) is 25.5 Å². The van der Waals surface area contributed by atoms with Gasteiger partial charge in [-0.25, -0.2) is 4.68 Å². The van der Waals surface area contributed by atoms with Crippen LogP contribution in [0.25, 0.3) is 11.3 Å². The van der Waals surface area contributed by atoms with Gasteiger partial charge in [0.15, 0.2) is 5.82 Å². The minimum absolute atomic E-state index is 0.144. The van der Waals surface area contributed by atoms with Gasteiger partial charge in [-0.15, -0.1) is 10.2 Å². The van der Waals surface area contributed by atoms with Crippen molar-refractivity contribution in [2.45, 2.75) is 39.2 Å². The van der Waals surface area contributed by atoms with Crippen molar-refractivity contribution in [2.24, 2.45) is 0 Å². The van der Waals surface area contributed by atoms with Crippen molar-refractivity contribution < 1.29 is 4.79 Å². The highest BCUT2D eigenvalue weighted by Crippen LogP contribution is 2.23. The minimum atomic E-state index is -0.319. The van der Waals surface area contributed by atoms with Gasteiger partial charge >= 0.3 is 0 Å². The Morgan fingerprint density at radius 2 is 1.81 bits per heavy atom. The Labute approximate surface area is 180 Å². The summed E-state index contributed by atoms with van der Waals surface area (Å²) in [7, 11) is 0. The third-order valence-electron chi connectivity index (χ3n) is 5.32. The summed E-state index contributed by atoms with van der Waals surface area (Å²) in [5, 5.41) is 15.7. The molecule has 3 aromatic rings. The van der Waals surface area contributed by atoms with Gasteiger partial charge in [-0.2, -0.15) is 5.10 Å². The molecule has 4 rings (SSSR count). The van der Waals surface area contributed by atoms with E-state index in [0.29, 0.717) is 11.4 Å². The van der Waals surface area contributed by atoms with E-state index in [-0.39, 0.29) is 18.0 Å². The van der Waals surface area contributed by atoms with E-state index in [4.69, 9.17) is 0 Å². The Morgan fingerprint density at radius 1 is 1.00 bits per heavy atom. The third kappa shape index (κ3) is 5.33. The van der Waals surface area contributed by atoms with Crippen LogP contribution in [0.5, 0.6) is 0 Å². The van der Waals surface area contributed by atoms with E-state index in [0.717, 1.165) is 34.8 Å². The van der Waals surface area contributed by atoms with Crippen molar-refractivity contribution in [1.82, 2.24) is 20.0 Å². The summed E-state index contributed by atoms with van der Waals surface area (Å²) in [5.74, 6) is 0.589. The van der Waals surface area contributed by atoms with Gasteiger partial charge in [-0.3, -0.25) is 9.59 Å². The highest BCUT2D eigenvalue weighted by atomic mass is 16.2. The first-order valence-corrected chi connectivity index (χ1v) is 10.6. The summed E-state index contributed by atoms with van der Waals surface area (Å²) in [5.41, 5.74) is 2.59. The summed E-state index contributed by atoms with van der Waals surface area (Å²) in [6.07, 6.45) is 4.93. The van der Waals surface area contributed by atoms with Crippen LogP contribution in [-0.4, -0.2) is 39.0 Å². The van der Waals surface area contributed by atoms with Crippen LogP contribution in [0.1, 0.15) is 31.4 Å². The molecule has 1 saturated heterocycles. The van der Waals surface area contributed by atoms with Crippen molar-refractivity contribution in [2.75, 3.05) is 23.3 Å². The topological polar surface area (TPSA) is 93.0 Å². The number of nitrogens with one attached hydrogen (secondary N) is 1. The van der Waals surface area contributed by atoms with E-state index in [1.807, 2.05) is 30.3 Å². The van der Waals surface area contributed by atoms with Gasteiger partial charge in [-0.05, 0) is 50.1 Å². The molecule has 1 aromatic carbocycles. The molecule has 2 aromatic heterocycles. The fourth-order valence-electron chi connectivity index (χ4n) is 3.70. The number of carbonyl (C=O) groups is 1. The maximum Gasteiger partial charge on any atom is 0.267 e. The second kappa shape index (κ2) is 9.51. The standard InChI is InChI=1S/C23H26N6O2/c1-17-9-12-23(31)29(27-17)16-22(30)24-19-8-6-7-18(15-19)20-10-11-21(26-25-20)28-13-4-2-3-5-14-28/h6-12,15H,2-5,13-14,16H2,1H3,(H,24,30). The average Bonchev–Trinajstić information content (AvgIpc) is 3.06. The normalized spacial score (nSPS) is 14.2. The minimum Gasteiger partial charge on any atom is -0.355 e. The molecular formula is C23H26N6O2. The molecule has 1 aliphatic rings. The maximum atomic E-state index is 12.4.